The van der Waals surface area contributed by atoms with Crippen molar-refractivity contribution < 1.29 is 9.53 Å². The van der Waals surface area contributed by atoms with Gasteiger partial charge < -0.3 is 14.5 Å². The van der Waals surface area contributed by atoms with Crippen LogP contribution in [0.4, 0.5) is 0 Å². The highest BCUT2D eigenvalue weighted by Crippen LogP contribution is 2.44. The van der Waals surface area contributed by atoms with Crippen molar-refractivity contribution >= 4 is 5.91 Å². The molecule has 1 aromatic rings. The van der Waals surface area contributed by atoms with Crippen LogP contribution in [-0.4, -0.2) is 62.7 Å². The van der Waals surface area contributed by atoms with Crippen LogP contribution in [0.1, 0.15) is 37.2 Å². The van der Waals surface area contributed by atoms with Crippen molar-refractivity contribution in [2.24, 2.45) is 5.41 Å². The van der Waals surface area contributed by atoms with Gasteiger partial charge in [-0.25, -0.2) is 0 Å². The Hall–Kier alpha value is -1.39. The van der Waals surface area contributed by atoms with E-state index in [4.69, 9.17) is 4.74 Å². The summed E-state index contributed by atoms with van der Waals surface area (Å²) >= 11 is 0. The second kappa shape index (κ2) is 7.66. The minimum absolute atomic E-state index is 0.246. The van der Waals surface area contributed by atoms with E-state index in [0.717, 1.165) is 39.0 Å². The Labute approximate surface area is 145 Å². The second-order valence-electron chi connectivity index (χ2n) is 7.63. The third-order valence-corrected chi connectivity index (χ3v) is 5.78. The topological polar surface area (TPSA) is 32.8 Å². The predicted molar refractivity (Wildman–Crippen MR) is 96.0 cm³/mol. The molecule has 24 heavy (non-hydrogen) atoms. The molecule has 0 aliphatic carbocycles. The highest BCUT2D eigenvalue weighted by molar-refractivity contribution is 5.76. The van der Waals surface area contributed by atoms with Crippen molar-refractivity contribution in [1.82, 2.24) is 9.80 Å². The third-order valence-electron chi connectivity index (χ3n) is 5.78. The standard InChI is InChI=1S/C20H30N2O2/c1-21-15-18(17-6-4-3-5-7-17)14-20(16-21)9-11-22(12-10-20)19(23)8-13-24-2/h3-7,18H,8-16H2,1-2H3/t18-/m0/s1. The Morgan fingerprint density at radius 3 is 2.62 bits per heavy atom. The van der Waals surface area contributed by atoms with Gasteiger partial charge in [-0.05, 0) is 43.2 Å². The van der Waals surface area contributed by atoms with Gasteiger partial charge in [0.05, 0.1) is 13.0 Å². The van der Waals surface area contributed by atoms with Gasteiger partial charge in [0.25, 0.3) is 0 Å². The number of rotatable bonds is 4. The lowest BCUT2D eigenvalue weighted by molar-refractivity contribution is -0.135. The van der Waals surface area contributed by atoms with E-state index in [1.165, 1.54) is 12.0 Å². The van der Waals surface area contributed by atoms with Crippen molar-refractivity contribution in [2.45, 2.75) is 31.6 Å². The Kier molecular flexibility index (Phi) is 5.57. The smallest absolute Gasteiger partial charge is 0.224 e. The summed E-state index contributed by atoms with van der Waals surface area (Å²) in [5.74, 6) is 0.858. The second-order valence-corrected chi connectivity index (χ2v) is 7.63. The van der Waals surface area contributed by atoms with Crippen molar-refractivity contribution in [1.29, 1.82) is 0 Å². The molecule has 3 rings (SSSR count). The monoisotopic (exact) mass is 330 g/mol. The van der Waals surface area contributed by atoms with Gasteiger partial charge in [-0.15, -0.1) is 0 Å². The maximum Gasteiger partial charge on any atom is 0.224 e. The summed E-state index contributed by atoms with van der Waals surface area (Å²) in [5.41, 5.74) is 1.83. The fourth-order valence-electron chi connectivity index (χ4n) is 4.55. The number of carbonyl (C=O) groups is 1. The zero-order valence-corrected chi connectivity index (χ0v) is 15.0. The number of likely N-dealkylation sites (N-methyl/N-ethyl adjacent to an activating group) is 1. The number of piperidine rings is 2. The molecule has 2 aliphatic rings. The molecule has 4 heteroatoms. The van der Waals surface area contributed by atoms with Crippen molar-refractivity contribution in [2.75, 3.05) is 46.9 Å². The fourth-order valence-corrected chi connectivity index (χ4v) is 4.55. The molecule has 0 aromatic heterocycles. The number of methoxy groups -OCH3 is 1. The van der Waals surface area contributed by atoms with E-state index in [-0.39, 0.29) is 5.91 Å². The number of amides is 1. The van der Waals surface area contributed by atoms with Gasteiger partial charge in [-0.1, -0.05) is 30.3 Å². The average Bonchev–Trinajstić information content (AvgIpc) is 2.60. The van der Waals surface area contributed by atoms with Crippen LogP contribution in [0.3, 0.4) is 0 Å². The van der Waals surface area contributed by atoms with E-state index >= 15 is 0 Å². The summed E-state index contributed by atoms with van der Waals surface area (Å²) in [6, 6.07) is 10.9. The van der Waals surface area contributed by atoms with Crippen LogP contribution in [0.5, 0.6) is 0 Å². The molecule has 0 radical (unpaired) electrons. The zero-order chi connectivity index (χ0) is 17.0. The van der Waals surface area contributed by atoms with E-state index in [1.807, 2.05) is 4.90 Å². The van der Waals surface area contributed by atoms with Gasteiger partial charge in [-0.3, -0.25) is 4.79 Å². The zero-order valence-electron chi connectivity index (χ0n) is 15.0. The molecule has 0 N–H and O–H groups in total. The molecule has 1 aromatic carbocycles. The molecule has 1 atom stereocenters. The van der Waals surface area contributed by atoms with Gasteiger partial charge in [0.1, 0.15) is 0 Å². The normalized spacial score (nSPS) is 24.2. The van der Waals surface area contributed by atoms with E-state index in [2.05, 4.69) is 42.3 Å². The first-order chi connectivity index (χ1) is 11.6. The Morgan fingerprint density at radius 2 is 1.96 bits per heavy atom. The average molecular weight is 330 g/mol. The number of likely N-dealkylation sites (tertiary alicyclic amines) is 2. The molecular formula is C20H30N2O2. The summed E-state index contributed by atoms with van der Waals surface area (Å²) in [7, 11) is 3.90. The summed E-state index contributed by atoms with van der Waals surface area (Å²) in [5, 5.41) is 0. The molecule has 4 nitrogen and oxygen atoms in total. The van der Waals surface area contributed by atoms with Crippen molar-refractivity contribution in [3.63, 3.8) is 0 Å². The summed E-state index contributed by atoms with van der Waals surface area (Å²) in [6.45, 7) is 4.63. The van der Waals surface area contributed by atoms with E-state index in [9.17, 15) is 4.79 Å². The predicted octanol–water partition coefficient (Wildman–Crippen LogP) is 2.75. The lowest BCUT2D eigenvalue weighted by atomic mass is 9.68. The number of benzene rings is 1. The van der Waals surface area contributed by atoms with Crippen molar-refractivity contribution in [3.8, 4) is 0 Å². The molecule has 2 aliphatic heterocycles. The highest BCUT2D eigenvalue weighted by Gasteiger charge is 2.41. The summed E-state index contributed by atoms with van der Waals surface area (Å²) < 4.78 is 5.04. The van der Waals surface area contributed by atoms with Crippen molar-refractivity contribution in [3.05, 3.63) is 35.9 Å². The van der Waals surface area contributed by atoms with Crippen LogP contribution in [0.2, 0.25) is 0 Å². The molecule has 0 saturated carbocycles. The van der Waals surface area contributed by atoms with Crippen LogP contribution < -0.4 is 0 Å². The minimum Gasteiger partial charge on any atom is -0.384 e. The third kappa shape index (κ3) is 3.98. The van der Waals surface area contributed by atoms with E-state index in [1.54, 1.807) is 7.11 Å². The molecule has 0 bridgehead atoms. The number of nitrogens with zero attached hydrogens (tertiary/aromatic N) is 2. The molecule has 2 heterocycles. The minimum atomic E-state index is 0.246. The quantitative estimate of drug-likeness (QED) is 0.851. The van der Waals surface area contributed by atoms with Crippen LogP contribution in [0.25, 0.3) is 0 Å². The Morgan fingerprint density at radius 1 is 1.25 bits per heavy atom. The molecule has 132 valence electrons. The molecule has 1 spiro atoms. The maximum atomic E-state index is 12.2. The van der Waals surface area contributed by atoms with E-state index in [0.29, 0.717) is 24.4 Å². The number of hydrogen-bond acceptors (Lipinski definition) is 3. The first-order valence-electron chi connectivity index (χ1n) is 9.12. The van der Waals surface area contributed by atoms with Gasteiger partial charge in [0, 0.05) is 33.3 Å². The van der Waals surface area contributed by atoms with Gasteiger partial charge in [0.2, 0.25) is 5.91 Å². The molecule has 0 unspecified atom stereocenters. The van der Waals surface area contributed by atoms with Gasteiger partial charge in [-0.2, -0.15) is 0 Å². The molecule has 1 amide bonds. The van der Waals surface area contributed by atoms with Gasteiger partial charge >= 0.3 is 0 Å². The first kappa shape index (κ1) is 17.4. The SMILES string of the molecule is COCCC(=O)N1CCC2(CC1)C[C@H](c1ccccc1)CN(C)C2. The van der Waals surface area contributed by atoms with Crippen LogP contribution in [0.15, 0.2) is 30.3 Å². The maximum absolute atomic E-state index is 12.2. The molecule has 2 fully saturated rings. The lowest BCUT2D eigenvalue weighted by Crippen LogP contribution is -2.51. The number of carbonyl (C=O) groups excluding carboxylic acids is 1. The largest absolute Gasteiger partial charge is 0.384 e. The van der Waals surface area contributed by atoms with Crippen LogP contribution >= 0.6 is 0 Å². The number of ether oxygens (including phenoxy) is 1. The van der Waals surface area contributed by atoms with Crippen LogP contribution in [-0.2, 0) is 9.53 Å². The van der Waals surface area contributed by atoms with Crippen LogP contribution in [0, 0.1) is 5.41 Å². The Balaban J connectivity index is 1.63. The summed E-state index contributed by atoms with van der Waals surface area (Å²) in [4.78, 5) is 16.7. The molecule has 2 saturated heterocycles. The van der Waals surface area contributed by atoms with Gasteiger partial charge in [0.15, 0.2) is 0 Å². The molecular weight excluding hydrogens is 300 g/mol. The van der Waals surface area contributed by atoms with E-state index < -0.39 is 0 Å². The Bertz CT molecular complexity index is 538. The fraction of sp³-hybridized carbons (Fsp3) is 0.650. The highest BCUT2D eigenvalue weighted by atomic mass is 16.5. The number of hydrogen-bond donors (Lipinski definition) is 0. The summed E-state index contributed by atoms with van der Waals surface area (Å²) in [6.07, 6.45) is 4.01. The first-order valence-corrected chi connectivity index (χ1v) is 9.12. The lowest BCUT2D eigenvalue weighted by Gasteiger charge is -2.49.